The van der Waals surface area contributed by atoms with Crippen LogP contribution in [0.15, 0.2) is 121 Å². The highest BCUT2D eigenvalue weighted by molar-refractivity contribution is 6.30. The van der Waals surface area contributed by atoms with Gasteiger partial charge in [0.15, 0.2) is 0 Å². The first kappa shape index (κ1) is 29.0. The number of hydrogen-bond acceptors (Lipinski definition) is 5. The fourth-order valence-electron chi connectivity index (χ4n) is 5.96. The van der Waals surface area contributed by atoms with Gasteiger partial charge in [0.25, 0.3) is 0 Å². The molecule has 5 nitrogen and oxygen atoms in total. The zero-order valence-corrected chi connectivity index (χ0v) is 24.1. The van der Waals surface area contributed by atoms with Crippen molar-refractivity contribution in [3.05, 3.63) is 177 Å². The largest absolute Gasteiger partial charge is 0.298 e. The second-order valence-electron chi connectivity index (χ2n) is 10.8. The van der Waals surface area contributed by atoms with E-state index in [0.29, 0.717) is 27.8 Å². The lowest BCUT2D eigenvalue weighted by molar-refractivity contribution is 0.111. The quantitative estimate of drug-likeness (QED) is 0.155. The molecule has 1 aliphatic carbocycles. The van der Waals surface area contributed by atoms with Crippen molar-refractivity contribution in [2.24, 2.45) is 0 Å². The van der Waals surface area contributed by atoms with Crippen molar-refractivity contribution >= 4 is 53.7 Å². The van der Waals surface area contributed by atoms with E-state index < -0.39 is 0 Å². The highest BCUT2D eigenvalue weighted by Crippen LogP contribution is 2.58. The third kappa shape index (κ3) is 5.55. The Labute approximate surface area is 260 Å². The third-order valence-corrected chi connectivity index (χ3v) is 8.16. The van der Waals surface area contributed by atoms with Crippen molar-refractivity contribution in [1.82, 2.24) is 0 Å². The van der Waals surface area contributed by atoms with Crippen LogP contribution < -0.4 is 0 Å². The fraction of sp³-hybridized carbons (Fsp3) is 0.0250. The predicted molar refractivity (Wildman–Crippen MR) is 176 cm³/mol. The molecule has 5 aromatic carbocycles. The smallest absolute Gasteiger partial charge is 0.150 e. The van der Waals surface area contributed by atoms with Gasteiger partial charge in [0, 0.05) is 33.7 Å². The van der Waals surface area contributed by atoms with Crippen LogP contribution in [0.25, 0.3) is 22.3 Å². The number of hydrogen-bond donors (Lipinski definition) is 0. The number of carbonyl (C=O) groups is 5. The summed E-state index contributed by atoms with van der Waals surface area (Å²) in [5.41, 5.74) is 11.0. The Hall–Kier alpha value is -6.07. The van der Waals surface area contributed by atoms with Crippen LogP contribution in [0.3, 0.4) is 0 Å². The Morgan fingerprint density at radius 2 is 0.556 bits per heavy atom. The van der Waals surface area contributed by atoms with Crippen molar-refractivity contribution in [3.8, 4) is 0 Å². The fourth-order valence-corrected chi connectivity index (χ4v) is 5.96. The van der Waals surface area contributed by atoms with Crippen LogP contribution in [0.1, 0.15) is 85.5 Å². The van der Waals surface area contributed by atoms with Gasteiger partial charge < -0.3 is 0 Å². The Morgan fingerprint density at radius 1 is 0.311 bits per heavy atom. The summed E-state index contributed by atoms with van der Waals surface area (Å²) in [6.07, 6.45) is 4.03. The van der Waals surface area contributed by atoms with Crippen molar-refractivity contribution in [3.63, 3.8) is 0 Å². The molecular formula is C40H26O5. The van der Waals surface area contributed by atoms with E-state index in [1.54, 1.807) is 60.7 Å². The number of aldehydes is 5. The number of allylic oxidation sites excluding steroid dienone is 4. The Bertz CT molecular complexity index is 1850. The molecule has 1 aliphatic rings. The summed E-state index contributed by atoms with van der Waals surface area (Å²) < 4.78 is 0. The lowest BCUT2D eigenvalue weighted by atomic mass is 9.80. The van der Waals surface area contributed by atoms with Gasteiger partial charge in [0.05, 0.1) is 0 Å². The molecule has 0 unspecified atom stereocenters. The molecule has 0 aromatic heterocycles. The lowest BCUT2D eigenvalue weighted by Gasteiger charge is -2.22. The summed E-state index contributed by atoms with van der Waals surface area (Å²) >= 11 is 0. The summed E-state index contributed by atoms with van der Waals surface area (Å²) in [6.45, 7) is 0. The highest BCUT2D eigenvalue weighted by atomic mass is 16.1. The average molecular weight is 587 g/mol. The van der Waals surface area contributed by atoms with Gasteiger partial charge in [-0.15, -0.1) is 0 Å². The second-order valence-corrected chi connectivity index (χ2v) is 10.8. The SMILES string of the molecule is O=Cc1ccc(C2=C(c3ccc(C=O)cc3)C(c3ccc(C=O)cc3)C(c3ccc(C=O)cc3)=C2c2ccc(C=O)cc2)cc1. The standard InChI is InChI=1S/C40H26O5/c41-21-26-1-11-31(12-2-26)36-37(32-13-3-27(22-42)4-14-32)39(34-17-7-29(24-44)8-18-34)40(35-19-9-30(25-45)10-20-35)38(36)33-15-5-28(23-43)6-16-33/h1-25,36H. The monoisotopic (exact) mass is 586 g/mol. The van der Waals surface area contributed by atoms with Gasteiger partial charge in [-0.3, -0.25) is 24.0 Å². The van der Waals surface area contributed by atoms with Crippen molar-refractivity contribution < 1.29 is 24.0 Å². The molecule has 0 radical (unpaired) electrons. The molecule has 0 atom stereocenters. The third-order valence-electron chi connectivity index (χ3n) is 8.16. The molecule has 0 N–H and O–H groups in total. The minimum atomic E-state index is -0.337. The van der Waals surface area contributed by atoms with Gasteiger partial charge in [0.1, 0.15) is 31.4 Å². The molecule has 0 heterocycles. The molecule has 45 heavy (non-hydrogen) atoms. The van der Waals surface area contributed by atoms with E-state index >= 15 is 0 Å². The van der Waals surface area contributed by atoms with E-state index in [0.717, 1.165) is 81.5 Å². The van der Waals surface area contributed by atoms with E-state index in [2.05, 4.69) is 0 Å². The van der Waals surface area contributed by atoms with Crippen LogP contribution in [-0.2, 0) is 0 Å². The zero-order chi connectivity index (χ0) is 31.3. The first-order chi connectivity index (χ1) is 22.1. The van der Waals surface area contributed by atoms with Crippen LogP contribution >= 0.6 is 0 Å². The van der Waals surface area contributed by atoms with Crippen LogP contribution in [0.5, 0.6) is 0 Å². The molecule has 0 fully saturated rings. The molecular weight excluding hydrogens is 560 g/mol. The Morgan fingerprint density at radius 3 is 0.822 bits per heavy atom. The van der Waals surface area contributed by atoms with Gasteiger partial charge in [-0.25, -0.2) is 0 Å². The van der Waals surface area contributed by atoms with Crippen molar-refractivity contribution in [2.45, 2.75) is 5.92 Å². The molecule has 0 saturated heterocycles. The van der Waals surface area contributed by atoms with Gasteiger partial charge >= 0.3 is 0 Å². The van der Waals surface area contributed by atoms with Gasteiger partial charge in [-0.2, -0.15) is 0 Å². The second kappa shape index (κ2) is 12.7. The number of rotatable bonds is 10. The summed E-state index contributed by atoms with van der Waals surface area (Å²) in [4.78, 5) is 57.9. The molecule has 0 bridgehead atoms. The van der Waals surface area contributed by atoms with Crippen molar-refractivity contribution in [2.75, 3.05) is 0 Å². The van der Waals surface area contributed by atoms with Crippen LogP contribution in [0, 0.1) is 0 Å². The van der Waals surface area contributed by atoms with E-state index in [1.807, 2.05) is 60.7 Å². The van der Waals surface area contributed by atoms with E-state index in [1.165, 1.54) is 0 Å². The van der Waals surface area contributed by atoms with Crippen LogP contribution in [0.2, 0.25) is 0 Å². The van der Waals surface area contributed by atoms with Crippen LogP contribution in [-0.4, -0.2) is 31.4 Å². The summed E-state index contributed by atoms with van der Waals surface area (Å²) in [7, 11) is 0. The number of carbonyl (C=O) groups excluding carboxylic acids is 5. The molecule has 6 rings (SSSR count). The predicted octanol–water partition coefficient (Wildman–Crippen LogP) is 8.07. The van der Waals surface area contributed by atoms with E-state index in [4.69, 9.17) is 0 Å². The lowest BCUT2D eigenvalue weighted by Crippen LogP contribution is -2.04. The zero-order valence-electron chi connectivity index (χ0n) is 24.1. The van der Waals surface area contributed by atoms with Crippen LogP contribution in [0.4, 0.5) is 0 Å². The molecule has 0 spiro atoms. The highest BCUT2D eigenvalue weighted by Gasteiger charge is 2.37. The maximum absolute atomic E-state index is 11.6. The van der Waals surface area contributed by atoms with Gasteiger partial charge in [-0.05, 0) is 50.1 Å². The molecule has 0 saturated carbocycles. The average Bonchev–Trinajstić information content (AvgIpc) is 3.47. The minimum absolute atomic E-state index is 0.337. The van der Waals surface area contributed by atoms with E-state index in [-0.39, 0.29) is 5.92 Å². The van der Waals surface area contributed by atoms with Gasteiger partial charge in [-0.1, -0.05) is 121 Å². The molecule has 216 valence electrons. The van der Waals surface area contributed by atoms with Crippen molar-refractivity contribution in [1.29, 1.82) is 0 Å². The molecule has 5 aromatic rings. The maximum Gasteiger partial charge on any atom is 0.150 e. The Kier molecular flexibility index (Phi) is 8.16. The topological polar surface area (TPSA) is 85.3 Å². The molecule has 0 amide bonds. The minimum Gasteiger partial charge on any atom is -0.298 e. The van der Waals surface area contributed by atoms with E-state index in [9.17, 15) is 24.0 Å². The summed E-state index contributed by atoms with van der Waals surface area (Å²) in [6, 6.07) is 37.1. The normalized spacial score (nSPS) is 13.1. The molecule has 5 heteroatoms. The maximum atomic E-state index is 11.6. The Balaban J connectivity index is 1.76. The first-order valence-electron chi connectivity index (χ1n) is 14.3. The first-order valence-corrected chi connectivity index (χ1v) is 14.3. The molecule has 0 aliphatic heterocycles. The summed E-state index contributed by atoms with van der Waals surface area (Å²) in [5, 5.41) is 0. The number of benzene rings is 5. The summed E-state index contributed by atoms with van der Waals surface area (Å²) in [5.74, 6) is -0.337. The van der Waals surface area contributed by atoms with Gasteiger partial charge in [0.2, 0.25) is 0 Å².